The molecule has 4 nitrogen and oxygen atoms in total. The minimum Gasteiger partial charge on any atom is -0.465 e. The number of hydrogen-bond acceptors (Lipinski definition) is 4. The molecule has 0 bridgehead atoms. The monoisotopic (exact) mass is 496 g/mol. The number of aryl methyl sites for hydroxylation is 3. The fourth-order valence-corrected chi connectivity index (χ4v) is 3.60. The van der Waals surface area contributed by atoms with Crippen molar-refractivity contribution in [2.45, 2.75) is 40.5 Å². The van der Waals surface area contributed by atoms with Gasteiger partial charge in [0.25, 0.3) is 0 Å². The molecular formula is C33H36O4. The van der Waals surface area contributed by atoms with Crippen LogP contribution in [-0.4, -0.2) is 18.9 Å². The van der Waals surface area contributed by atoms with Crippen LogP contribution in [0.5, 0.6) is 5.75 Å². The lowest BCUT2D eigenvalue weighted by Crippen LogP contribution is -2.03. The van der Waals surface area contributed by atoms with Crippen LogP contribution >= 0.6 is 0 Å². The van der Waals surface area contributed by atoms with Crippen LogP contribution in [0, 0.1) is 13.8 Å². The van der Waals surface area contributed by atoms with Gasteiger partial charge in [0.1, 0.15) is 11.5 Å². The number of hydrogen-bond donors (Lipinski definition) is 0. The fraction of sp³-hybridized carbons (Fsp3) is 0.212. The van der Waals surface area contributed by atoms with Crippen LogP contribution < -0.4 is 4.74 Å². The van der Waals surface area contributed by atoms with Crippen molar-refractivity contribution < 1.29 is 19.1 Å². The summed E-state index contributed by atoms with van der Waals surface area (Å²) in [7, 11) is 1.35. The lowest BCUT2D eigenvalue weighted by atomic mass is 9.98. The summed E-state index contributed by atoms with van der Waals surface area (Å²) in [5.41, 5.74) is 6.04. The summed E-state index contributed by atoms with van der Waals surface area (Å²) < 4.78 is 10.9. The number of Topliss-reactive ketones (excluding diaryl/α,β-unsaturated/α-hetero) is 1. The molecule has 0 heterocycles. The smallest absolute Gasteiger partial charge is 0.337 e. The lowest BCUT2D eigenvalue weighted by Gasteiger charge is -2.11. The third-order valence-corrected chi connectivity index (χ3v) is 5.84. The highest BCUT2D eigenvalue weighted by Gasteiger charge is 2.11. The van der Waals surface area contributed by atoms with E-state index in [1.54, 1.807) is 61.6 Å². The molecule has 0 N–H and O–H groups in total. The van der Waals surface area contributed by atoms with E-state index in [1.807, 2.05) is 13.0 Å². The zero-order valence-corrected chi connectivity index (χ0v) is 22.5. The maximum absolute atomic E-state index is 12.9. The van der Waals surface area contributed by atoms with Crippen molar-refractivity contribution >= 4 is 11.8 Å². The summed E-state index contributed by atoms with van der Waals surface area (Å²) in [6.07, 6.45) is 11.4. The van der Waals surface area contributed by atoms with Gasteiger partial charge in [-0.3, -0.25) is 4.79 Å². The third-order valence-electron chi connectivity index (χ3n) is 5.84. The average molecular weight is 497 g/mol. The van der Waals surface area contributed by atoms with Crippen molar-refractivity contribution in [3.8, 4) is 5.75 Å². The minimum atomic E-state index is -0.416. The molecule has 192 valence electrons. The predicted molar refractivity (Wildman–Crippen MR) is 152 cm³/mol. The van der Waals surface area contributed by atoms with Crippen LogP contribution in [-0.2, 0) is 16.0 Å². The standard InChI is InChI=1S/C33H36O4/c1-8-10-13-30(21-26(6)25(5)20-27(9-2)33(35)36-7)37-31-14-11-12-29(22-31)32(34)18-17-28-19-23(3)15-16-24(28)4/h8-16,19-22H,1,6,17-18H2,2-5,7H3/b13-10-,25-20+,27-9+,30-21+. The Kier molecular flexibility index (Phi) is 11.3. The van der Waals surface area contributed by atoms with E-state index < -0.39 is 5.97 Å². The zero-order chi connectivity index (χ0) is 27.4. The maximum Gasteiger partial charge on any atom is 0.337 e. The quantitative estimate of drug-likeness (QED) is 0.0991. The van der Waals surface area contributed by atoms with Crippen molar-refractivity contribution in [3.63, 3.8) is 0 Å². The first kappa shape index (κ1) is 29.1. The molecule has 0 atom stereocenters. The van der Waals surface area contributed by atoms with Crippen LogP contribution in [0.3, 0.4) is 0 Å². The molecular weight excluding hydrogens is 460 g/mol. The molecule has 2 aromatic carbocycles. The first-order chi connectivity index (χ1) is 17.7. The molecule has 2 rings (SSSR count). The molecule has 0 aliphatic carbocycles. The van der Waals surface area contributed by atoms with Crippen molar-refractivity contribution in [2.75, 3.05) is 7.11 Å². The summed E-state index contributed by atoms with van der Waals surface area (Å²) in [6.45, 7) is 15.6. The Morgan fingerprint density at radius 2 is 1.81 bits per heavy atom. The van der Waals surface area contributed by atoms with E-state index in [0.717, 1.165) is 5.57 Å². The molecule has 0 aliphatic rings. The van der Waals surface area contributed by atoms with Crippen LogP contribution in [0.25, 0.3) is 0 Å². The van der Waals surface area contributed by atoms with Gasteiger partial charge in [-0.25, -0.2) is 4.79 Å². The summed E-state index contributed by atoms with van der Waals surface area (Å²) in [5.74, 6) is 0.692. The van der Waals surface area contributed by atoms with Gasteiger partial charge >= 0.3 is 5.97 Å². The molecule has 0 fully saturated rings. The van der Waals surface area contributed by atoms with Crippen molar-refractivity contribution in [2.24, 2.45) is 0 Å². The summed E-state index contributed by atoms with van der Waals surface area (Å²) in [4.78, 5) is 24.8. The highest BCUT2D eigenvalue weighted by molar-refractivity contribution is 5.96. The Labute approximate surface area is 221 Å². The van der Waals surface area contributed by atoms with E-state index in [-0.39, 0.29) is 5.78 Å². The Balaban J connectivity index is 2.22. The molecule has 0 aromatic heterocycles. The third kappa shape index (κ3) is 9.08. The number of ketones is 1. The van der Waals surface area contributed by atoms with Crippen molar-refractivity contribution in [3.05, 3.63) is 137 Å². The lowest BCUT2D eigenvalue weighted by molar-refractivity contribution is -0.135. The normalized spacial score (nSPS) is 12.4. The SMILES string of the molecule is C=C/C=C\C(=C/C(=C)/C(C)=C/C(=C\C)C(=O)OC)Oc1cccc(C(=O)CCc2cc(C)ccc2C)c1. The Morgan fingerprint density at radius 1 is 1.05 bits per heavy atom. The van der Waals surface area contributed by atoms with E-state index in [2.05, 4.69) is 45.2 Å². The maximum atomic E-state index is 12.9. The molecule has 0 aliphatic heterocycles. The molecule has 0 radical (unpaired) electrons. The van der Waals surface area contributed by atoms with Gasteiger partial charge in [-0.1, -0.05) is 67.3 Å². The molecule has 4 heteroatoms. The number of rotatable bonds is 12. The van der Waals surface area contributed by atoms with Crippen LogP contribution in [0.2, 0.25) is 0 Å². The first-order valence-corrected chi connectivity index (χ1v) is 12.2. The molecule has 0 unspecified atom stereocenters. The van der Waals surface area contributed by atoms with Crippen LogP contribution in [0.15, 0.2) is 115 Å². The number of allylic oxidation sites excluding steroid dienone is 7. The fourth-order valence-electron chi connectivity index (χ4n) is 3.60. The second kappa shape index (κ2) is 14.4. The van der Waals surface area contributed by atoms with Gasteiger partial charge in [-0.05, 0) is 86.7 Å². The molecule has 0 spiro atoms. The number of carbonyl (C=O) groups is 2. The van der Waals surface area contributed by atoms with E-state index >= 15 is 0 Å². The molecule has 2 aromatic rings. The number of ether oxygens (including phenoxy) is 2. The number of benzene rings is 2. The Morgan fingerprint density at radius 3 is 2.49 bits per heavy atom. The second-order valence-electron chi connectivity index (χ2n) is 8.71. The van der Waals surface area contributed by atoms with E-state index in [9.17, 15) is 9.59 Å². The Bertz CT molecular complexity index is 1290. The predicted octanol–water partition coefficient (Wildman–Crippen LogP) is 7.75. The minimum absolute atomic E-state index is 0.0587. The highest BCUT2D eigenvalue weighted by atomic mass is 16.5. The highest BCUT2D eigenvalue weighted by Crippen LogP contribution is 2.22. The molecule has 0 amide bonds. The number of methoxy groups -OCH3 is 1. The molecule has 37 heavy (non-hydrogen) atoms. The first-order valence-electron chi connectivity index (χ1n) is 12.2. The summed E-state index contributed by atoms with van der Waals surface area (Å²) in [6, 6.07) is 13.5. The summed E-state index contributed by atoms with van der Waals surface area (Å²) in [5, 5.41) is 0. The van der Waals surface area contributed by atoms with Gasteiger partial charge in [-0.15, -0.1) is 0 Å². The molecule has 0 saturated heterocycles. The number of esters is 1. The van der Waals surface area contributed by atoms with Gasteiger partial charge < -0.3 is 9.47 Å². The van der Waals surface area contributed by atoms with Gasteiger partial charge in [0.2, 0.25) is 0 Å². The van der Waals surface area contributed by atoms with Crippen molar-refractivity contribution in [1.29, 1.82) is 0 Å². The van der Waals surface area contributed by atoms with Gasteiger partial charge in [0, 0.05) is 12.0 Å². The Hall–Kier alpha value is -4.18. The van der Waals surface area contributed by atoms with Gasteiger partial charge in [0.15, 0.2) is 5.78 Å². The van der Waals surface area contributed by atoms with E-state index in [0.29, 0.717) is 41.1 Å². The van der Waals surface area contributed by atoms with Crippen LogP contribution in [0.1, 0.15) is 47.3 Å². The van der Waals surface area contributed by atoms with Crippen molar-refractivity contribution in [1.82, 2.24) is 0 Å². The average Bonchev–Trinajstić information content (AvgIpc) is 2.90. The van der Waals surface area contributed by atoms with E-state index in [1.165, 1.54) is 23.8 Å². The number of carbonyl (C=O) groups excluding carboxylic acids is 2. The second-order valence-corrected chi connectivity index (χ2v) is 8.71. The van der Waals surface area contributed by atoms with Gasteiger partial charge in [-0.2, -0.15) is 0 Å². The zero-order valence-electron chi connectivity index (χ0n) is 22.5. The topological polar surface area (TPSA) is 52.6 Å². The molecule has 0 saturated carbocycles. The van der Waals surface area contributed by atoms with Crippen LogP contribution in [0.4, 0.5) is 0 Å². The van der Waals surface area contributed by atoms with E-state index in [4.69, 9.17) is 9.47 Å². The summed E-state index contributed by atoms with van der Waals surface area (Å²) >= 11 is 0. The van der Waals surface area contributed by atoms with Gasteiger partial charge in [0.05, 0.1) is 12.7 Å². The largest absolute Gasteiger partial charge is 0.465 e.